The molecule has 5 heteroatoms. The predicted octanol–water partition coefficient (Wildman–Crippen LogP) is 5.91. The van der Waals surface area contributed by atoms with Crippen LogP contribution in [0.4, 0.5) is 0 Å². The van der Waals surface area contributed by atoms with Crippen molar-refractivity contribution in [3.8, 4) is 10.6 Å². The van der Waals surface area contributed by atoms with Crippen LogP contribution in [-0.4, -0.2) is 10.9 Å². The van der Waals surface area contributed by atoms with Crippen LogP contribution in [0.15, 0.2) is 90.3 Å². The number of halogens is 1. The van der Waals surface area contributed by atoms with Gasteiger partial charge in [0.15, 0.2) is 0 Å². The van der Waals surface area contributed by atoms with Crippen molar-refractivity contribution >= 4 is 28.8 Å². The Bertz CT molecular complexity index is 1060. The lowest BCUT2D eigenvalue weighted by molar-refractivity contribution is -0.121. The van der Waals surface area contributed by atoms with Gasteiger partial charge in [-0.2, -0.15) is 0 Å². The van der Waals surface area contributed by atoms with Gasteiger partial charge in [-0.15, -0.1) is 11.3 Å². The first-order valence-electron chi connectivity index (χ1n) is 9.28. The Morgan fingerprint density at radius 3 is 2.21 bits per heavy atom. The molecule has 0 aliphatic heterocycles. The molecule has 0 aliphatic carbocycles. The van der Waals surface area contributed by atoms with E-state index in [0.29, 0.717) is 5.02 Å². The molecule has 0 saturated carbocycles. The van der Waals surface area contributed by atoms with E-state index in [4.69, 9.17) is 11.6 Å². The SMILES string of the molecule is O=C(Cc1csc(-c2cccc(Cl)c2)n1)NC(c1ccccc1)c1ccccc1. The molecular formula is C24H19ClN2OS. The van der Waals surface area contributed by atoms with Crippen molar-refractivity contribution in [2.24, 2.45) is 0 Å². The molecule has 0 fully saturated rings. The quantitative estimate of drug-likeness (QED) is 0.422. The van der Waals surface area contributed by atoms with Crippen LogP contribution >= 0.6 is 22.9 Å². The minimum Gasteiger partial charge on any atom is -0.345 e. The molecule has 3 nitrogen and oxygen atoms in total. The van der Waals surface area contributed by atoms with Crippen molar-refractivity contribution in [1.29, 1.82) is 0 Å². The van der Waals surface area contributed by atoms with E-state index in [2.05, 4.69) is 10.3 Å². The zero-order chi connectivity index (χ0) is 20.1. The summed E-state index contributed by atoms with van der Waals surface area (Å²) in [7, 11) is 0. The number of nitrogens with zero attached hydrogens (tertiary/aromatic N) is 1. The summed E-state index contributed by atoms with van der Waals surface area (Å²) < 4.78 is 0. The molecule has 3 aromatic carbocycles. The highest BCUT2D eigenvalue weighted by Crippen LogP contribution is 2.26. The first kappa shape index (κ1) is 19.4. The number of amides is 1. The van der Waals surface area contributed by atoms with Gasteiger partial charge in [0, 0.05) is 16.0 Å². The van der Waals surface area contributed by atoms with Crippen LogP contribution < -0.4 is 5.32 Å². The number of carbonyl (C=O) groups excluding carboxylic acids is 1. The summed E-state index contributed by atoms with van der Waals surface area (Å²) >= 11 is 7.59. The standard InChI is InChI=1S/C24H19ClN2OS/c25-20-13-7-12-19(14-20)24-26-21(16-29-24)15-22(28)27-23(17-8-3-1-4-9-17)18-10-5-2-6-11-18/h1-14,16,23H,15H2,(H,27,28). The summed E-state index contributed by atoms with van der Waals surface area (Å²) in [6.45, 7) is 0. The van der Waals surface area contributed by atoms with Gasteiger partial charge in [0.05, 0.1) is 18.2 Å². The van der Waals surface area contributed by atoms with E-state index in [0.717, 1.165) is 27.4 Å². The van der Waals surface area contributed by atoms with E-state index in [-0.39, 0.29) is 18.4 Å². The van der Waals surface area contributed by atoms with Crippen LogP contribution in [0.3, 0.4) is 0 Å². The number of rotatable bonds is 6. The first-order chi connectivity index (χ1) is 14.2. The second kappa shape index (κ2) is 9.03. The van der Waals surface area contributed by atoms with Gasteiger partial charge in [0.2, 0.25) is 5.91 Å². The maximum absolute atomic E-state index is 12.8. The summed E-state index contributed by atoms with van der Waals surface area (Å²) in [5, 5.41) is 6.62. The van der Waals surface area contributed by atoms with Crippen LogP contribution in [0, 0.1) is 0 Å². The monoisotopic (exact) mass is 418 g/mol. The lowest BCUT2D eigenvalue weighted by Gasteiger charge is -2.19. The fraction of sp³-hybridized carbons (Fsp3) is 0.0833. The Kier molecular flexibility index (Phi) is 6.03. The summed E-state index contributed by atoms with van der Waals surface area (Å²) in [5.41, 5.74) is 3.80. The predicted molar refractivity (Wildman–Crippen MR) is 119 cm³/mol. The third-order valence-electron chi connectivity index (χ3n) is 4.54. The van der Waals surface area contributed by atoms with Gasteiger partial charge in [-0.05, 0) is 23.3 Å². The van der Waals surface area contributed by atoms with Crippen LogP contribution in [0.2, 0.25) is 5.02 Å². The molecular weight excluding hydrogens is 400 g/mol. The maximum Gasteiger partial charge on any atom is 0.226 e. The Balaban J connectivity index is 1.50. The van der Waals surface area contributed by atoms with E-state index >= 15 is 0 Å². The highest BCUT2D eigenvalue weighted by Gasteiger charge is 2.17. The van der Waals surface area contributed by atoms with Crippen LogP contribution in [0.1, 0.15) is 22.9 Å². The molecule has 4 rings (SSSR count). The van der Waals surface area contributed by atoms with E-state index in [1.807, 2.05) is 90.3 Å². The minimum absolute atomic E-state index is 0.0642. The Labute approximate surface area is 179 Å². The molecule has 1 aromatic heterocycles. The third-order valence-corrected chi connectivity index (χ3v) is 5.71. The van der Waals surface area contributed by atoms with Gasteiger partial charge in [0.25, 0.3) is 0 Å². The smallest absolute Gasteiger partial charge is 0.226 e. The fourth-order valence-corrected chi connectivity index (χ4v) is 4.18. The highest BCUT2D eigenvalue weighted by molar-refractivity contribution is 7.13. The van der Waals surface area contributed by atoms with E-state index in [9.17, 15) is 4.79 Å². The van der Waals surface area contributed by atoms with Crippen LogP contribution in [0.5, 0.6) is 0 Å². The zero-order valence-electron chi connectivity index (χ0n) is 15.6. The number of carbonyl (C=O) groups is 1. The van der Waals surface area contributed by atoms with Gasteiger partial charge in [-0.1, -0.05) is 84.4 Å². The zero-order valence-corrected chi connectivity index (χ0v) is 17.2. The van der Waals surface area contributed by atoms with Crippen molar-refractivity contribution < 1.29 is 4.79 Å². The molecule has 0 aliphatic rings. The molecule has 0 spiro atoms. The summed E-state index contributed by atoms with van der Waals surface area (Å²) in [5.74, 6) is -0.0642. The first-order valence-corrected chi connectivity index (χ1v) is 10.5. The molecule has 0 bridgehead atoms. The fourth-order valence-electron chi connectivity index (χ4n) is 3.17. The Hall–Kier alpha value is -2.95. The topological polar surface area (TPSA) is 42.0 Å². The molecule has 1 heterocycles. The number of benzene rings is 3. The molecule has 29 heavy (non-hydrogen) atoms. The van der Waals surface area contributed by atoms with Gasteiger partial charge in [0.1, 0.15) is 5.01 Å². The van der Waals surface area contributed by atoms with Gasteiger partial charge in [-0.3, -0.25) is 4.79 Å². The minimum atomic E-state index is -0.198. The second-order valence-corrected chi connectivity index (χ2v) is 7.95. The second-order valence-electron chi connectivity index (χ2n) is 6.65. The molecule has 4 aromatic rings. The number of hydrogen-bond acceptors (Lipinski definition) is 3. The molecule has 1 amide bonds. The number of nitrogens with one attached hydrogen (secondary N) is 1. The third kappa shape index (κ3) is 4.91. The van der Waals surface area contributed by atoms with E-state index in [1.54, 1.807) is 0 Å². The summed E-state index contributed by atoms with van der Waals surface area (Å²) in [6.07, 6.45) is 0.229. The maximum atomic E-state index is 12.8. The van der Waals surface area contributed by atoms with Gasteiger partial charge < -0.3 is 5.32 Å². The normalized spacial score (nSPS) is 10.8. The van der Waals surface area contributed by atoms with E-state index < -0.39 is 0 Å². The van der Waals surface area contributed by atoms with Crippen molar-refractivity contribution in [2.75, 3.05) is 0 Å². The molecule has 0 saturated heterocycles. The van der Waals surface area contributed by atoms with Gasteiger partial charge in [-0.25, -0.2) is 4.98 Å². The highest BCUT2D eigenvalue weighted by atomic mass is 35.5. The van der Waals surface area contributed by atoms with Crippen molar-refractivity contribution in [3.05, 3.63) is 112 Å². The molecule has 0 atom stereocenters. The Morgan fingerprint density at radius 1 is 0.931 bits per heavy atom. The molecule has 0 unspecified atom stereocenters. The van der Waals surface area contributed by atoms with Crippen molar-refractivity contribution in [3.63, 3.8) is 0 Å². The lowest BCUT2D eigenvalue weighted by Crippen LogP contribution is -2.30. The molecule has 0 radical (unpaired) electrons. The van der Waals surface area contributed by atoms with Crippen molar-refractivity contribution in [2.45, 2.75) is 12.5 Å². The molecule has 144 valence electrons. The Morgan fingerprint density at radius 2 is 1.59 bits per heavy atom. The van der Waals surface area contributed by atoms with E-state index in [1.165, 1.54) is 11.3 Å². The summed E-state index contributed by atoms with van der Waals surface area (Å²) in [4.78, 5) is 17.4. The van der Waals surface area contributed by atoms with Gasteiger partial charge >= 0.3 is 0 Å². The number of thiazole rings is 1. The average molecular weight is 419 g/mol. The largest absolute Gasteiger partial charge is 0.345 e. The number of hydrogen-bond donors (Lipinski definition) is 1. The average Bonchev–Trinajstić information content (AvgIpc) is 3.22. The van der Waals surface area contributed by atoms with Crippen molar-refractivity contribution in [1.82, 2.24) is 10.3 Å². The van der Waals surface area contributed by atoms with Crippen LogP contribution in [-0.2, 0) is 11.2 Å². The molecule has 1 N–H and O–H groups in total. The lowest BCUT2D eigenvalue weighted by atomic mass is 9.98. The summed E-state index contributed by atoms with van der Waals surface area (Å²) in [6, 6.07) is 27.4. The van der Waals surface area contributed by atoms with Crippen LogP contribution in [0.25, 0.3) is 10.6 Å². The number of aromatic nitrogens is 1.